The number of nitrogens with one attached hydrogen (secondary N) is 2. The number of amides is 1. The zero-order valence-corrected chi connectivity index (χ0v) is 10.3. The molecule has 0 bridgehead atoms. The lowest BCUT2D eigenvalue weighted by atomic mass is 10.2. The van der Waals surface area contributed by atoms with E-state index in [0.29, 0.717) is 12.1 Å². The summed E-state index contributed by atoms with van der Waals surface area (Å²) in [6.45, 7) is 0.211. The summed E-state index contributed by atoms with van der Waals surface area (Å²) >= 11 is 0. The summed E-state index contributed by atoms with van der Waals surface area (Å²) < 4.78 is 39.6. The number of nitrogens with two attached hydrogens (primary N) is 1. The Morgan fingerprint density at radius 1 is 1.53 bits per heavy atom. The number of nitrogens with zero attached hydrogens (tertiary/aromatic N) is 1. The molecular formula is C10H15F3N4O2. The summed E-state index contributed by atoms with van der Waals surface area (Å²) in [6.07, 6.45) is -3.77. The topological polar surface area (TPSA) is 93.0 Å². The lowest BCUT2D eigenvalue weighted by Crippen LogP contribution is -2.29. The first-order valence-corrected chi connectivity index (χ1v) is 5.60. The number of rotatable bonds is 6. The monoisotopic (exact) mass is 280 g/mol. The number of aromatic nitrogens is 2. The predicted octanol–water partition coefficient (Wildman–Crippen LogP) is 0.863. The number of halogens is 3. The van der Waals surface area contributed by atoms with Gasteiger partial charge in [0.15, 0.2) is 5.69 Å². The molecule has 6 nitrogen and oxygen atoms in total. The molecule has 0 aliphatic carbocycles. The van der Waals surface area contributed by atoms with Gasteiger partial charge >= 0.3 is 6.18 Å². The van der Waals surface area contributed by atoms with Gasteiger partial charge in [-0.1, -0.05) is 6.92 Å². The van der Waals surface area contributed by atoms with E-state index in [9.17, 15) is 18.0 Å². The Kier molecular flexibility index (Phi) is 5.16. The van der Waals surface area contributed by atoms with Crippen LogP contribution in [0.25, 0.3) is 0 Å². The first kappa shape index (κ1) is 15.3. The molecule has 0 aliphatic heterocycles. The van der Waals surface area contributed by atoms with E-state index < -0.39 is 18.7 Å². The van der Waals surface area contributed by atoms with Gasteiger partial charge < -0.3 is 15.8 Å². The number of alkyl halides is 3. The molecule has 1 rings (SSSR count). The molecule has 0 radical (unpaired) electrons. The molecule has 19 heavy (non-hydrogen) atoms. The van der Waals surface area contributed by atoms with E-state index in [4.69, 9.17) is 5.73 Å². The van der Waals surface area contributed by atoms with Gasteiger partial charge in [0.25, 0.3) is 5.91 Å². The van der Waals surface area contributed by atoms with Crippen LogP contribution >= 0.6 is 0 Å². The summed E-state index contributed by atoms with van der Waals surface area (Å²) in [6, 6.07) is 0. The maximum absolute atomic E-state index is 11.8. The first-order chi connectivity index (χ1) is 8.85. The van der Waals surface area contributed by atoms with Crippen LogP contribution in [0, 0.1) is 0 Å². The Balaban J connectivity index is 2.33. The lowest BCUT2D eigenvalue weighted by Gasteiger charge is -2.08. The number of ether oxygens (including phenoxy) is 1. The van der Waals surface area contributed by atoms with Gasteiger partial charge in [-0.2, -0.15) is 18.3 Å². The van der Waals surface area contributed by atoms with Gasteiger partial charge in [0.05, 0.1) is 18.0 Å². The van der Waals surface area contributed by atoms with Crippen molar-refractivity contribution in [2.45, 2.75) is 19.5 Å². The maximum Gasteiger partial charge on any atom is 0.411 e. The van der Waals surface area contributed by atoms with Crippen molar-refractivity contribution in [3.05, 3.63) is 11.4 Å². The van der Waals surface area contributed by atoms with Gasteiger partial charge in [-0.25, -0.2) is 0 Å². The first-order valence-electron chi connectivity index (χ1n) is 5.60. The molecule has 0 spiro atoms. The third kappa shape index (κ3) is 4.78. The highest BCUT2D eigenvalue weighted by molar-refractivity contribution is 5.97. The van der Waals surface area contributed by atoms with E-state index in [1.807, 2.05) is 6.92 Å². The van der Waals surface area contributed by atoms with Gasteiger partial charge in [0.1, 0.15) is 6.61 Å². The van der Waals surface area contributed by atoms with E-state index >= 15 is 0 Å². The van der Waals surface area contributed by atoms with Gasteiger partial charge in [-0.15, -0.1) is 0 Å². The number of hydrogen-bond donors (Lipinski definition) is 3. The predicted molar refractivity (Wildman–Crippen MR) is 61.6 cm³/mol. The molecule has 1 amide bonds. The van der Waals surface area contributed by atoms with Crippen molar-refractivity contribution in [2.24, 2.45) is 0 Å². The van der Waals surface area contributed by atoms with Crippen molar-refractivity contribution >= 4 is 11.6 Å². The Morgan fingerprint density at radius 2 is 2.21 bits per heavy atom. The number of carbonyl (C=O) groups excluding carboxylic acids is 1. The number of H-pyrrole nitrogens is 1. The minimum Gasteiger partial charge on any atom is -0.395 e. The highest BCUT2D eigenvalue weighted by Gasteiger charge is 2.27. The second kappa shape index (κ2) is 6.41. The van der Waals surface area contributed by atoms with E-state index in [1.54, 1.807) is 0 Å². The Morgan fingerprint density at radius 3 is 2.74 bits per heavy atom. The Hall–Kier alpha value is -1.77. The molecule has 4 N–H and O–H groups in total. The summed E-state index contributed by atoms with van der Waals surface area (Å²) in [7, 11) is 0. The summed E-state index contributed by atoms with van der Waals surface area (Å²) in [5, 5.41) is 8.72. The van der Waals surface area contributed by atoms with Crippen molar-refractivity contribution in [3.8, 4) is 0 Å². The number of aryl methyl sites for hydroxylation is 1. The molecule has 1 aromatic rings. The summed E-state index contributed by atoms with van der Waals surface area (Å²) in [5.74, 6) is -0.552. The third-order valence-electron chi connectivity index (χ3n) is 2.25. The normalized spacial score (nSPS) is 11.6. The van der Waals surface area contributed by atoms with Crippen molar-refractivity contribution < 1.29 is 22.7 Å². The molecule has 0 aliphatic rings. The van der Waals surface area contributed by atoms with Crippen LogP contribution in [0.2, 0.25) is 0 Å². The quantitative estimate of drug-likeness (QED) is 0.674. The second-order valence-electron chi connectivity index (χ2n) is 3.74. The zero-order chi connectivity index (χ0) is 14.5. The van der Waals surface area contributed by atoms with Gasteiger partial charge in [0, 0.05) is 6.54 Å². The van der Waals surface area contributed by atoms with Crippen LogP contribution in [-0.2, 0) is 11.2 Å². The molecule has 0 saturated carbocycles. The third-order valence-corrected chi connectivity index (χ3v) is 2.25. The summed E-state index contributed by atoms with van der Waals surface area (Å²) in [4.78, 5) is 11.6. The van der Waals surface area contributed by atoms with Crippen LogP contribution < -0.4 is 11.1 Å². The molecule has 108 valence electrons. The van der Waals surface area contributed by atoms with Crippen LogP contribution in [0.4, 0.5) is 18.9 Å². The average molecular weight is 280 g/mol. The average Bonchev–Trinajstić information content (AvgIpc) is 2.68. The van der Waals surface area contributed by atoms with E-state index in [2.05, 4.69) is 20.3 Å². The molecule has 1 heterocycles. The van der Waals surface area contributed by atoms with E-state index in [1.165, 1.54) is 0 Å². The van der Waals surface area contributed by atoms with E-state index in [-0.39, 0.29) is 24.5 Å². The SMILES string of the molecule is CCc1[nH]nc(C(=O)NCCOCC(F)(F)F)c1N. The van der Waals surface area contributed by atoms with Crippen LogP contribution in [0.15, 0.2) is 0 Å². The number of aromatic amines is 1. The van der Waals surface area contributed by atoms with Gasteiger partial charge in [-0.05, 0) is 6.42 Å². The van der Waals surface area contributed by atoms with Crippen LogP contribution in [0.1, 0.15) is 23.1 Å². The smallest absolute Gasteiger partial charge is 0.395 e. The van der Waals surface area contributed by atoms with E-state index in [0.717, 1.165) is 0 Å². The van der Waals surface area contributed by atoms with Gasteiger partial charge in [-0.3, -0.25) is 9.89 Å². The minimum absolute atomic E-state index is 0.0349. The lowest BCUT2D eigenvalue weighted by molar-refractivity contribution is -0.173. The fourth-order valence-corrected chi connectivity index (χ4v) is 1.34. The standard InChI is InChI=1S/C10H15F3N4O2/c1-2-6-7(14)8(17-16-6)9(18)15-3-4-19-5-10(11,12)13/h2-5,14H2,1H3,(H,15,18)(H,16,17). The van der Waals surface area contributed by atoms with Crippen LogP contribution in [0.3, 0.4) is 0 Å². The number of hydrogen-bond acceptors (Lipinski definition) is 4. The highest BCUT2D eigenvalue weighted by atomic mass is 19.4. The fraction of sp³-hybridized carbons (Fsp3) is 0.600. The molecule has 9 heteroatoms. The molecule has 0 unspecified atom stereocenters. The van der Waals surface area contributed by atoms with Crippen molar-refractivity contribution in [1.29, 1.82) is 0 Å². The highest BCUT2D eigenvalue weighted by Crippen LogP contribution is 2.15. The maximum atomic E-state index is 11.8. The zero-order valence-electron chi connectivity index (χ0n) is 10.3. The largest absolute Gasteiger partial charge is 0.411 e. The number of carbonyl (C=O) groups is 1. The van der Waals surface area contributed by atoms with Crippen molar-refractivity contribution in [1.82, 2.24) is 15.5 Å². The van der Waals surface area contributed by atoms with Gasteiger partial charge in [0.2, 0.25) is 0 Å². The summed E-state index contributed by atoms with van der Waals surface area (Å²) in [5.41, 5.74) is 6.59. The fourth-order valence-electron chi connectivity index (χ4n) is 1.34. The molecule has 0 atom stereocenters. The molecule has 0 aromatic carbocycles. The Labute approximate surface area is 107 Å². The molecule has 1 aromatic heterocycles. The van der Waals surface area contributed by atoms with Crippen LogP contribution in [-0.4, -0.2) is 42.0 Å². The van der Waals surface area contributed by atoms with Crippen molar-refractivity contribution in [3.63, 3.8) is 0 Å². The van der Waals surface area contributed by atoms with Crippen LogP contribution in [0.5, 0.6) is 0 Å². The Bertz CT molecular complexity index is 431. The molecular weight excluding hydrogens is 265 g/mol. The van der Waals surface area contributed by atoms with Crippen molar-refractivity contribution in [2.75, 3.05) is 25.5 Å². The minimum atomic E-state index is -4.37. The number of anilines is 1. The molecule has 0 fully saturated rings. The second-order valence-corrected chi connectivity index (χ2v) is 3.74. The number of nitrogen functional groups attached to an aromatic ring is 1. The molecule has 0 saturated heterocycles.